The molecule has 164 valence electrons. The third kappa shape index (κ3) is 8.34. The van der Waals surface area contributed by atoms with Crippen LogP contribution in [-0.2, 0) is 16.0 Å². The second kappa shape index (κ2) is 13.3. The van der Waals surface area contributed by atoms with E-state index in [4.69, 9.17) is 4.74 Å². The molecule has 30 heavy (non-hydrogen) atoms. The van der Waals surface area contributed by atoms with Gasteiger partial charge in [0.15, 0.2) is 0 Å². The van der Waals surface area contributed by atoms with Crippen molar-refractivity contribution in [1.82, 2.24) is 0 Å². The predicted octanol–water partition coefficient (Wildman–Crippen LogP) is 8.30. The van der Waals surface area contributed by atoms with Gasteiger partial charge in [0.25, 0.3) is 0 Å². The first-order chi connectivity index (χ1) is 14.5. The second-order valence-corrected chi connectivity index (χ2v) is 8.71. The summed E-state index contributed by atoms with van der Waals surface area (Å²) in [5.41, 5.74) is 4.89. The number of ether oxygens (including phenoxy) is 1. The molecular weight excluding hydrogens is 368 g/mol. The van der Waals surface area contributed by atoms with Crippen LogP contribution in [-0.4, -0.2) is 5.97 Å². The van der Waals surface area contributed by atoms with Crippen molar-refractivity contribution in [2.45, 2.75) is 91.6 Å². The Morgan fingerprint density at radius 2 is 1.40 bits per heavy atom. The molecule has 2 unspecified atom stereocenters. The molecule has 0 N–H and O–H groups in total. The molecule has 0 saturated carbocycles. The summed E-state index contributed by atoms with van der Waals surface area (Å²) in [4.78, 5) is 12.1. The van der Waals surface area contributed by atoms with Crippen LogP contribution in [0.25, 0.3) is 11.1 Å². The number of hydrogen-bond acceptors (Lipinski definition) is 2. The highest BCUT2D eigenvalue weighted by atomic mass is 16.5. The Kier molecular flexibility index (Phi) is 10.7. The quantitative estimate of drug-likeness (QED) is 0.246. The number of carbonyl (C=O) groups is 1. The number of hydrogen-bond donors (Lipinski definition) is 0. The predicted molar refractivity (Wildman–Crippen MR) is 128 cm³/mol. The zero-order chi connectivity index (χ0) is 21.8. The van der Waals surface area contributed by atoms with Crippen molar-refractivity contribution in [3.8, 4) is 11.1 Å². The minimum atomic E-state index is -0.213. The van der Waals surface area contributed by atoms with Crippen molar-refractivity contribution in [3.63, 3.8) is 0 Å². The number of rotatable bonds is 13. The molecular formula is C28H40O2. The van der Waals surface area contributed by atoms with Gasteiger partial charge in [0.1, 0.15) is 6.10 Å². The normalized spacial score (nSPS) is 13.1. The van der Waals surface area contributed by atoms with Crippen LogP contribution in [0.4, 0.5) is 0 Å². The molecule has 0 aliphatic carbocycles. The van der Waals surface area contributed by atoms with Crippen LogP contribution in [0.3, 0.4) is 0 Å². The molecule has 2 aromatic rings. The lowest BCUT2D eigenvalue weighted by Gasteiger charge is -2.16. The van der Waals surface area contributed by atoms with Gasteiger partial charge in [-0.1, -0.05) is 108 Å². The van der Waals surface area contributed by atoms with Crippen LogP contribution >= 0.6 is 0 Å². The second-order valence-electron chi connectivity index (χ2n) is 8.71. The first-order valence-corrected chi connectivity index (χ1v) is 11.9. The maximum absolute atomic E-state index is 12.1. The van der Waals surface area contributed by atoms with Crippen LogP contribution in [0.15, 0.2) is 48.5 Å². The first kappa shape index (κ1) is 24.2. The fourth-order valence-electron chi connectivity index (χ4n) is 3.94. The summed E-state index contributed by atoms with van der Waals surface area (Å²) in [6.45, 7) is 8.47. The van der Waals surface area contributed by atoms with Crippen LogP contribution in [0, 0.1) is 5.92 Å². The van der Waals surface area contributed by atoms with Crippen molar-refractivity contribution in [1.29, 1.82) is 0 Å². The van der Waals surface area contributed by atoms with Gasteiger partial charge in [-0.15, -0.1) is 0 Å². The molecule has 0 amide bonds. The molecule has 2 rings (SSSR count). The highest BCUT2D eigenvalue weighted by Gasteiger charge is 2.14. The Labute approximate surface area is 184 Å². The van der Waals surface area contributed by atoms with E-state index in [1.54, 1.807) is 0 Å². The Balaban J connectivity index is 1.86. The number of benzene rings is 2. The Morgan fingerprint density at radius 3 is 2.00 bits per heavy atom. The largest absolute Gasteiger partial charge is 0.458 e. The topological polar surface area (TPSA) is 26.3 Å². The lowest BCUT2D eigenvalue weighted by molar-refractivity contribution is -0.149. The minimum Gasteiger partial charge on any atom is -0.458 e. The molecule has 2 aromatic carbocycles. The zero-order valence-corrected chi connectivity index (χ0v) is 19.5. The molecule has 2 nitrogen and oxygen atoms in total. The summed E-state index contributed by atoms with van der Waals surface area (Å²) in [6.07, 6.45) is 10.2. The van der Waals surface area contributed by atoms with Gasteiger partial charge in [0.2, 0.25) is 0 Å². The van der Waals surface area contributed by atoms with Crippen LogP contribution in [0.5, 0.6) is 0 Å². The van der Waals surface area contributed by atoms with Crippen molar-refractivity contribution in [2.75, 3.05) is 0 Å². The average Bonchev–Trinajstić information content (AvgIpc) is 2.74. The fourth-order valence-corrected chi connectivity index (χ4v) is 3.94. The molecule has 0 saturated heterocycles. The highest BCUT2D eigenvalue weighted by molar-refractivity contribution is 5.70. The summed E-state index contributed by atoms with van der Waals surface area (Å²) >= 11 is 0. The van der Waals surface area contributed by atoms with Crippen LogP contribution in [0.1, 0.15) is 96.3 Å². The molecule has 0 heterocycles. The average molecular weight is 409 g/mol. The summed E-state index contributed by atoms with van der Waals surface area (Å²) in [7, 11) is 0. The maximum Gasteiger partial charge on any atom is 0.306 e. The molecule has 0 radical (unpaired) electrons. The number of aryl methyl sites for hydroxylation is 1. The Hall–Kier alpha value is -2.09. The van der Waals surface area contributed by atoms with Gasteiger partial charge < -0.3 is 4.74 Å². The molecule has 0 aliphatic rings. The van der Waals surface area contributed by atoms with E-state index in [1.807, 2.05) is 6.92 Å². The van der Waals surface area contributed by atoms with E-state index in [9.17, 15) is 4.79 Å². The van der Waals surface area contributed by atoms with Crippen LogP contribution < -0.4 is 0 Å². The summed E-state index contributed by atoms with van der Waals surface area (Å²) in [6, 6.07) is 17.3. The molecule has 2 heteroatoms. The Bertz CT molecular complexity index is 730. The molecule has 0 bridgehead atoms. The Morgan fingerprint density at radius 1 is 0.800 bits per heavy atom. The number of esters is 1. The molecule has 0 aliphatic heterocycles. The van der Waals surface area contributed by atoms with E-state index in [1.165, 1.54) is 55.2 Å². The van der Waals surface area contributed by atoms with Gasteiger partial charge in [0.05, 0.1) is 0 Å². The van der Waals surface area contributed by atoms with E-state index >= 15 is 0 Å². The number of carbonyl (C=O) groups excluding carboxylic acids is 1. The van der Waals surface area contributed by atoms with Gasteiger partial charge in [-0.2, -0.15) is 0 Å². The standard InChI is InChI=1S/C28H40O2/c1-5-7-8-9-10-12-24-13-15-26(16-14-24)27-19-17-25(18-20-27)23(4)30-28(29)21-22(3)11-6-2/h13-20,22-23H,5-12,21H2,1-4H3. The van der Waals surface area contributed by atoms with Gasteiger partial charge in [-0.25, -0.2) is 0 Å². The molecule has 2 atom stereocenters. The van der Waals surface area contributed by atoms with E-state index in [2.05, 4.69) is 69.3 Å². The lowest BCUT2D eigenvalue weighted by Crippen LogP contribution is -2.12. The monoisotopic (exact) mass is 408 g/mol. The fraction of sp³-hybridized carbons (Fsp3) is 0.536. The zero-order valence-electron chi connectivity index (χ0n) is 19.5. The summed E-state index contributed by atoms with van der Waals surface area (Å²) in [5, 5.41) is 0. The van der Waals surface area contributed by atoms with E-state index in [0.717, 1.165) is 18.4 Å². The summed E-state index contributed by atoms with van der Waals surface area (Å²) in [5.74, 6) is 0.286. The van der Waals surface area contributed by atoms with Gasteiger partial charge in [0, 0.05) is 6.42 Å². The van der Waals surface area contributed by atoms with Crippen molar-refractivity contribution in [3.05, 3.63) is 59.7 Å². The number of unbranched alkanes of at least 4 members (excludes halogenated alkanes) is 4. The lowest BCUT2D eigenvalue weighted by atomic mass is 9.99. The smallest absolute Gasteiger partial charge is 0.306 e. The molecule has 0 fully saturated rings. The van der Waals surface area contributed by atoms with Crippen LogP contribution in [0.2, 0.25) is 0 Å². The maximum atomic E-state index is 12.1. The van der Waals surface area contributed by atoms with Gasteiger partial charge in [-0.3, -0.25) is 4.79 Å². The molecule has 0 spiro atoms. The highest BCUT2D eigenvalue weighted by Crippen LogP contribution is 2.25. The van der Waals surface area contributed by atoms with E-state index in [0.29, 0.717) is 12.3 Å². The summed E-state index contributed by atoms with van der Waals surface area (Å²) < 4.78 is 5.64. The van der Waals surface area contributed by atoms with Gasteiger partial charge in [-0.05, 0) is 47.9 Å². The third-order valence-electron chi connectivity index (χ3n) is 5.84. The molecule has 0 aromatic heterocycles. The minimum absolute atomic E-state index is 0.0993. The van der Waals surface area contributed by atoms with Crippen molar-refractivity contribution < 1.29 is 9.53 Å². The first-order valence-electron chi connectivity index (χ1n) is 11.9. The van der Waals surface area contributed by atoms with Crippen molar-refractivity contribution in [2.24, 2.45) is 5.92 Å². The SMILES string of the molecule is CCCCCCCc1ccc(-c2ccc(C(C)OC(=O)CC(C)CCC)cc2)cc1. The van der Waals surface area contributed by atoms with E-state index < -0.39 is 0 Å². The van der Waals surface area contributed by atoms with Crippen molar-refractivity contribution >= 4 is 5.97 Å². The van der Waals surface area contributed by atoms with Gasteiger partial charge >= 0.3 is 5.97 Å². The van der Waals surface area contributed by atoms with E-state index in [-0.39, 0.29) is 12.1 Å². The third-order valence-corrected chi connectivity index (χ3v) is 5.84.